The minimum Gasteiger partial charge on any atom is -0.397 e. The maximum Gasteiger partial charge on any atom is 0.252 e. The van der Waals surface area contributed by atoms with Crippen molar-refractivity contribution in [1.82, 2.24) is 4.31 Å². The van der Waals surface area contributed by atoms with Gasteiger partial charge in [-0.15, -0.1) is 11.3 Å². The van der Waals surface area contributed by atoms with Crippen molar-refractivity contribution in [3.05, 3.63) is 41.3 Å². The maximum absolute atomic E-state index is 12.5. The van der Waals surface area contributed by atoms with Crippen molar-refractivity contribution in [2.45, 2.75) is 23.5 Å². The van der Waals surface area contributed by atoms with Crippen LogP contribution < -0.4 is 11.1 Å². The number of thiophene rings is 1. The maximum atomic E-state index is 12.5. The molecule has 1 saturated heterocycles. The van der Waals surface area contributed by atoms with Crippen molar-refractivity contribution in [2.24, 2.45) is 0 Å². The van der Waals surface area contributed by atoms with Crippen LogP contribution in [0, 0.1) is 0 Å². The number of para-hydroxylation sites is 2. The van der Waals surface area contributed by atoms with Gasteiger partial charge in [-0.25, -0.2) is 8.42 Å². The summed E-state index contributed by atoms with van der Waals surface area (Å²) in [6, 6.07) is 10.3. The highest BCUT2D eigenvalue weighted by Crippen LogP contribution is 2.28. The van der Waals surface area contributed by atoms with Gasteiger partial charge in [-0.3, -0.25) is 4.79 Å². The summed E-state index contributed by atoms with van der Waals surface area (Å²) < 4.78 is 26.8. The van der Waals surface area contributed by atoms with Crippen LogP contribution in [-0.4, -0.2) is 31.7 Å². The van der Waals surface area contributed by atoms with Gasteiger partial charge in [0.2, 0.25) is 5.91 Å². The number of rotatable bonds is 5. The van der Waals surface area contributed by atoms with E-state index in [9.17, 15) is 13.2 Å². The van der Waals surface area contributed by atoms with E-state index in [2.05, 4.69) is 5.32 Å². The van der Waals surface area contributed by atoms with Crippen LogP contribution in [0.2, 0.25) is 0 Å². The highest BCUT2D eigenvalue weighted by molar-refractivity contribution is 7.91. The predicted molar refractivity (Wildman–Crippen MR) is 95.5 cm³/mol. The molecule has 0 aliphatic carbocycles. The first-order valence-corrected chi connectivity index (χ1v) is 9.96. The first kappa shape index (κ1) is 16.9. The van der Waals surface area contributed by atoms with E-state index in [-0.39, 0.29) is 12.3 Å². The fourth-order valence-electron chi connectivity index (χ4n) is 2.61. The van der Waals surface area contributed by atoms with Crippen molar-refractivity contribution < 1.29 is 13.2 Å². The molecular formula is C16H19N3O3S2. The first-order valence-electron chi connectivity index (χ1n) is 7.70. The summed E-state index contributed by atoms with van der Waals surface area (Å²) in [6.07, 6.45) is 1.92. The molecular weight excluding hydrogens is 346 g/mol. The average molecular weight is 365 g/mol. The molecule has 1 aromatic carbocycles. The number of nitrogen functional groups attached to an aromatic ring is 1. The van der Waals surface area contributed by atoms with Gasteiger partial charge in [0.05, 0.1) is 17.8 Å². The second-order valence-electron chi connectivity index (χ2n) is 5.64. The number of amides is 1. The Morgan fingerprint density at radius 1 is 1.17 bits per heavy atom. The molecule has 0 atom stereocenters. The quantitative estimate of drug-likeness (QED) is 0.795. The van der Waals surface area contributed by atoms with Gasteiger partial charge in [-0.1, -0.05) is 12.1 Å². The van der Waals surface area contributed by atoms with E-state index in [1.807, 2.05) is 0 Å². The summed E-state index contributed by atoms with van der Waals surface area (Å²) in [7, 11) is -3.42. The van der Waals surface area contributed by atoms with Crippen molar-refractivity contribution in [2.75, 3.05) is 24.1 Å². The second kappa shape index (κ2) is 6.92. The molecule has 0 radical (unpaired) electrons. The van der Waals surface area contributed by atoms with Crippen molar-refractivity contribution in [1.29, 1.82) is 0 Å². The van der Waals surface area contributed by atoms with Crippen LogP contribution in [-0.2, 0) is 21.2 Å². The molecule has 3 N–H and O–H groups in total. The van der Waals surface area contributed by atoms with Crippen LogP contribution in [0.4, 0.5) is 11.4 Å². The molecule has 1 fully saturated rings. The number of hydrogen-bond donors (Lipinski definition) is 2. The van der Waals surface area contributed by atoms with E-state index in [0.29, 0.717) is 33.6 Å². The van der Waals surface area contributed by atoms with Gasteiger partial charge >= 0.3 is 0 Å². The molecule has 2 aromatic rings. The van der Waals surface area contributed by atoms with Gasteiger partial charge in [0.25, 0.3) is 10.0 Å². The molecule has 24 heavy (non-hydrogen) atoms. The Balaban J connectivity index is 1.68. The SMILES string of the molecule is Nc1ccccc1NC(=O)Cc1ccc(S(=O)(=O)N2CCCC2)s1. The molecule has 0 saturated carbocycles. The van der Waals surface area contributed by atoms with Crippen LogP contribution in [0.5, 0.6) is 0 Å². The topological polar surface area (TPSA) is 92.5 Å². The molecule has 1 aromatic heterocycles. The molecule has 2 heterocycles. The number of nitrogens with two attached hydrogens (primary N) is 1. The van der Waals surface area contributed by atoms with Crippen molar-refractivity contribution in [3.63, 3.8) is 0 Å². The van der Waals surface area contributed by atoms with E-state index in [4.69, 9.17) is 5.73 Å². The van der Waals surface area contributed by atoms with Gasteiger partial charge in [0.15, 0.2) is 0 Å². The third-order valence-corrected chi connectivity index (χ3v) is 7.32. The molecule has 1 aliphatic heterocycles. The lowest BCUT2D eigenvalue weighted by atomic mass is 10.2. The Labute approximate surface area is 145 Å². The zero-order chi connectivity index (χ0) is 17.2. The highest BCUT2D eigenvalue weighted by Gasteiger charge is 2.28. The van der Waals surface area contributed by atoms with E-state index in [1.54, 1.807) is 36.4 Å². The predicted octanol–water partition coefficient (Wildman–Crippen LogP) is 2.30. The number of benzene rings is 1. The fourth-order valence-corrected chi connectivity index (χ4v) is 5.64. The number of hydrogen-bond acceptors (Lipinski definition) is 5. The standard InChI is InChI=1S/C16H19N3O3S2/c17-13-5-1-2-6-14(13)18-15(20)11-12-7-8-16(23-12)24(21,22)19-9-3-4-10-19/h1-2,5-8H,3-4,9-11,17H2,(H,18,20). The zero-order valence-electron chi connectivity index (χ0n) is 13.1. The van der Waals surface area contributed by atoms with Crippen LogP contribution in [0.3, 0.4) is 0 Å². The number of carbonyl (C=O) groups is 1. The minimum atomic E-state index is -3.42. The molecule has 8 heteroatoms. The molecule has 6 nitrogen and oxygen atoms in total. The first-order chi connectivity index (χ1) is 11.5. The van der Waals surface area contributed by atoms with Gasteiger partial charge in [-0.2, -0.15) is 4.31 Å². The summed E-state index contributed by atoms with van der Waals surface area (Å²) in [5, 5.41) is 2.74. The van der Waals surface area contributed by atoms with Gasteiger partial charge in [0.1, 0.15) is 4.21 Å². The summed E-state index contributed by atoms with van der Waals surface area (Å²) in [5.41, 5.74) is 6.85. The van der Waals surface area contributed by atoms with Crippen LogP contribution >= 0.6 is 11.3 Å². The molecule has 0 spiro atoms. The molecule has 1 amide bonds. The van der Waals surface area contributed by atoms with Gasteiger partial charge in [-0.05, 0) is 37.1 Å². The smallest absolute Gasteiger partial charge is 0.252 e. The summed E-state index contributed by atoms with van der Waals surface area (Å²) in [5.74, 6) is -0.222. The zero-order valence-corrected chi connectivity index (χ0v) is 14.7. The van der Waals surface area contributed by atoms with Gasteiger partial charge < -0.3 is 11.1 Å². The number of carbonyl (C=O) groups excluding carboxylic acids is 1. The van der Waals surface area contributed by atoms with E-state index in [1.165, 1.54) is 4.31 Å². The third-order valence-electron chi connectivity index (χ3n) is 3.87. The molecule has 0 unspecified atom stereocenters. The Hall–Kier alpha value is -1.90. The number of sulfonamides is 1. The van der Waals surface area contributed by atoms with Crippen LogP contribution in [0.25, 0.3) is 0 Å². The number of anilines is 2. The lowest BCUT2D eigenvalue weighted by Gasteiger charge is -2.13. The fraction of sp³-hybridized carbons (Fsp3) is 0.312. The Bertz CT molecular complexity index is 840. The molecule has 3 rings (SSSR count). The Morgan fingerprint density at radius 2 is 1.88 bits per heavy atom. The number of nitrogens with zero attached hydrogens (tertiary/aromatic N) is 1. The monoisotopic (exact) mass is 365 g/mol. The van der Waals surface area contributed by atoms with Crippen molar-refractivity contribution >= 4 is 38.6 Å². The van der Waals surface area contributed by atoms with Crippen LogP contribution in [0.1, 0.15) is 17.7 Å². The Kier molecular flexibility index (Phi) is 4.88. The van der Waals surface area contributed by atoms with E-state index >= 15 is 0 Å². The highest BCUT2D eigenvalue weighted by atomic mass is 32.2. The summed E-state index contributed by atoms with van der Waals surface area (Å²) in [4.78, 5) is 12.8. The van der Waals surface area contributed by atoms with Crippen LogP contribution in [0.15, 0.2) is 40.6 Å². The Morgan fingerprint density at radius 3 is 2.58 bits per heavy atom. The molecule has 0 bridgehead atoms. The van der Waals surface area contributed by atoms with Gasteiger partial charge in [0, 0.05) is 18.0 Å². The summed E-state index contributed by atoms with van der Waals surface area (Å²) >= 11 is 1.15. The summed E-state index contributed by atoms with van der Waals surface area (Å²) in [6.45, 7) is 1.15. The minimum absolute atomic E-state index is 0.120. The number of nitrogens with one attached hydrogen (secondary N) is 1. The van der Waals surface area contributed by atoms with Crippen molar-refractivity contribution in [3.8, 4) is 0 Å². The molecule has 1 aliphatic rings. The lowest BCUT2D eigenvalue weighted by molar-refractivity contribution is -0.115. The average Bonchev–Trinajstić information content (AvgIpc) is 3.21. The van der Waals surface area contributed by atoms with E-state index in [0.717, 1.165) is 24.2 Å². The largest absolute Gasteiger partial charge is 0.397 e. The van der Waals surface area contributed by atoms with E-state index < -0.39 is 10.0 Å². The second-order valence-corrected chi connectivity index (χ2v) is 8.98. The lowest BCUT2D eigenvalue weighted by Crippen LogP contribution is -2.27. The third kappa shape index (κ3) is 3.61. The molecule has 128 valence electrons. The normalized spacial score (nSPS) is 15.5.